The largest absolute Gasteiger partial charge is 0.465 e. The molecule has 0 aliphatic carbocycles. The highest BCUT2D eigenvalue weighted by molar-refractivity contribution is 6.29. The summed E-state index contributed by atoms with van der Waals surface area (Å²) in [5.41, 5.74) is 1.78. The molecule has 1 aliphatic heterocycles. The van der Waals surface area contributed by atoms with E-state index >= 15 is 0 Å². The summed E-state index contributed by atoms with van der Waals surface area (Å²) in [6, 6.07) is 13.4. The number of ether oxygens (including phenoxy) is 1. The van der Waals surface area contributed by atoms with E-state index in [-0.39, 0.29) is 19.7 Å². The molecule has 0 atom stereocenters. The number of hydrogen-bond donors (Lipinski definition) is 1. The van der Waals surface area contributed by atoms with Gasteiger partial charge in [0.2, 0.25) is 0 Å². The Morgan fingerprint density at radius 1 is 1.07 bits per heavy atom. The maximum Gasteiger partial charge on any atom is 0.442 e. The third kappa shape index (κ3) is 3.88. The van der Waals surface area contributed by atoms with Gasteiger partial charge in [0.1, 0.15) is 12.9 Å². The van der Waals surface area contributed by atoms with Crippen molar-refractivity contribution in [2.45, 2.75) is 19.6 Å². The predicted octanol–water partition coefficient (Wildman–Crippen LogP) is 1.77. The van der Waals surface area contributed by atoms with Crippen LogP contribution in [0.1, 0.15) is 17.0 Å². The van der Waals surface area contributed by atoms with Crippen LogP contribution in [0, 0.1) is 0 Å². The molecule has 0 saturated heterocycles. The monoisotopic (exact) mass is 395 g/mol. The first-order valence-electron chi connectivity index (χ1n) is 8.91. The number of nitrogens with zero attached hydrogens (tertiary/aromatic N) is 3. The van der Waals surface area contributed by atoms with Gasteiger partial charge in [-0.05, 0) is 22.4 Å². The molecule has 9 heteroatoms. The first-order valence-corrected chi connectivity index (χ1v) is 8.91. The van der Waals surface area contributed by atoms with Gasteiger partial charge >= 0.3 is 18.0 Å². The first-order chi connectivity index (χ1) is 14.0. The van der Waals surface area contributed by atoms with Crippen LogP contribution < -0.4 is 4.84 Å². The topological polar surface area (TPSA) is 111 Å². The van der Waals surface area contributed by atoms with Gasteiger partial charge in [-0.1, -0.05) is 36.4 Å². The molecule has 3 aromatic rings. The minimum atomic E-state index is -1.17. The molecular formula is C20H17N3O6. The van der Waals surface area contributed by atoms with E-state index in [4.69, 9.17) is 14.7 Å². The predicted molar refractivity (Wildman–Crippen MR) is 99.7 cm³/mol. The van der Waals surface area contributed by atoms with Crippen molar-refractivity contribution in [1.29, 1.82) is 0 Å². The van der Waals surface area contributed by atoms with Crippen molar-refractivity contribution in [1.82, 2.24) is 14.6 Å². The second-order valence-electron chi connectivity index (χ2n) is 6.55. The van der Waals surface area contributed by atoms with Crippen molar-refractivity contribution in [2.24, 2.45) is 0 Å². The van der Waals surface area contributed by atoms with Gasteiger partial charge in [-0.3, -0.25) is 0 Å². The van der Waals surface area contributed by atoms with Gasteiger partial charge in [0.15, 0.2) is 0 Å². The first kappa shape index (κ1) is 18.5. The lowest BCUT2D eigenvalue weighted by Crippen LogP contribution is -2.36. The van der Waals surface area contributed by atoms with Gasteiger partial charge in [-0.25, -0.2) is 19.4 Å². The molecule has 0 spiro atoms. The summed E-state index contributed by atoms with van der Waals surface area (Å²) >= 11 is 0. The Balaban J connectivity index is 1.36. The van der Waals surface area contributed by atoms with Crippen LogP contribution in [0.5, 0.6) is 0 Å². The summed E-state index contributed by atoms with van der Waals surface area (Å²) in [5.74, 6) is -2.30. The molecular weight excluding hydrogens is 378 g/mol. The Morgan fingerprint density at radius 3 is 2.66 bits per heavy atom. The molecule has 1 aliphatic rings. The molecule has 9 nitrogen and oxygen atoms in total. The highest BCUT2D eigenvalue weighted by Gasteiger charge is 2.27. The van der Waals surface area contributed by atoms with Crippen molar-refractivity contribution in [2.75, 3.05) is 6.54 Å². The average molecular weight is 395 g/mol. The summed E-state index contributed by atoms with van der Waals surface area (Å²) in [4.78, 5) is 45.4. The fraction of sp³-hybridized carbons (Fsp3) is 0.200. The van der Waals surface area contributed by atoms with Crippen molar-refractivity contribution < 1.29 is 29.1 Å². The zero-order valence-electron chi connectivity index (χ0n) is 15.3. The molecule has 0 unspecified atom stereocenters. The molecule has 2 heterocycles. The zero-order chi connectivity index (χ0) is 20.4. The minimum Gasteiger partial charge on any atom is -0.465 e. The van der Waals surface area contributed by atoms with E-state index in [1.165, 1.54) is 11.2 Å². The third-order valence-electron chi connectivity index (χ3n) is 4.68. The van der Waals surface area contributed by atoms with Crippen LogP contribution in [0.15, 0.2) is 48.8 Å². The standard InChI is InChI=1S/C20H17N3O6/c24-18(28-11-13-5-6-14-3-1-2-4-15(14)9-13)19(25)29-23-12-21-16-10-22(20(26)27)8-7-17(16)23/h1-6,9,12H,7-8,10-11H2,(H,26,27). The molecule has 148 valence electrons. The Morgan fingerprint density at radius 2 is 1.86 bits per heavy atom. The lowest BCUT2D eigenvalue weighted by molar-refractivity contribution is -0.168. The Hall–Kier alpha value is -3.88. The Bertz CT molecular complexity index is 1110. The number of rotatable bonds is 3. The Labute approximate surface area is 165 Å². The van der Waals surface area contributed by atoms with E-state index in [9.17, 15) is 14.4 Å². The van der Waals surface area contributed by atoms with Crippen LogP contribution in [0.4, 0.5) is 4.79 Å². The van der Waals surface area contributed by atoms with Crippen LogP contribution >= 0.6 is 0 Å². The van der Waals surface area contributed by atoms with Crippen LogP contribution in [0.3, 0.4) is 0 Å². The number of aromatic nitrogens is 2. The van der Waals surface area contributed by atoms with Gasteiger partial charge < -0.3 is 19.6 Å². The second-order valence-corrected chi connectivity index (χ2v) is 6.55. The van der Waals surface area contributed by atoms with Crippen molar-refractivity contribution >= 4 is 28.8 Å². The van der Waals surface area contributed by atoms with E-state index < -0.39 is 18.0 Å². The molecule has 0 saturated carbocycles. The van der Waals surface area contributed by atoms with Gasteiger partial charge in [-0.15, -0.1) is 0 Å². The molecule has 0 radical (unpaired) electrons. The van der Waals surface area contributed by atoms with E-state index in [0.29, 0.717) is 17.8 Å². The van der Waals surface area contributed by atoms with Crippen LogP contribution in [-0.4, -0.2) is 44.3 Å². The number of carboxylic acid groups (broad SMARTS) is 1. The molecule has 29 heavy (non-hydrogen) atoms. The fourth-order valence-corrected chi connectivity index (χ4v) is 3.19. The van der Waals surface area contributed by atoms with Gasteiger partial charge in [0.05, 0.1) is 17.9 Å². The number of amides is 1. The fourth-order valence-electron chi connectivity index (χ4n) is 3.19. The SMILES string of the molecule is O=C(OCc1ccc2ccccc2c1)C(=O)On1cnc2c1CCN(C(=O)O)C2. The number of esters is 1. The molecule has 1 amide bonds. The van der Waals surface area contributed by atoms with Crippen LogP contribution in [0.25, 0.3) is 10.8 Å². The normalized spacial score (nSPS) is 13.0. The maximum absolute atomic E-state index is 12.1. The summed E-state index contributed by atoms with van der Waals surface area (Å²) in [6.45, 7) is 0.286. The summed E-state index contributed by atoms with van der Waals surface area (Å²) in [5, 5.41) is 11.1. The molecule has 4 rings (SSSR count). The van der Waals surface area contributed by atoms with Crippen LogP contribution in [0.2, 0.25) is 0 Å². The molecule has 0 fully saturated rings. The van der Waals surface area contributed by atoms with Crippen molar-refractivity contribution in [3.63, 3.8) is 0 Å². The van der Waals surface area contributed by atoms with E-state index in [1.807, 2.05) is 42.5 Å². The van der Waals surface area contributed by atoms with Gasteiger partial charge in [0, 0.05) is 13.0 Å². The number of carbonyl (C=O) groups is 3. The van der Waals surface area contributed by atoms with Gasteiger partial charge in [-0.2, -0.15) is 4.73 Å². The minimum absolute atomic E-state index is 0.0611. The van der Waals surface area contributed by atoms with Gasteiger partial charge in [0.25, 0.3) is 0 Å². The lowest BCUT2D eigenvalue weighted by Gasteiger charge is -2.23. The quantitative estimate of drug-likeness (QED) is 0.531. The van der Waals surface area contributed by atoms with E-state index in [1.54, 1.807) is 0 Å². The molecule has 1 N–H and O–H groups in total. The second kappa shape index (κ2) is 7.63. The highest BCUT2D eigenvalue weighted by Crippen LogP contribution is 2.18. The Kier molecular flexibility index (Phi) is 4.86. The summed E-state index contributed by atoms with van der Waals surface area (Å²) in [6.07, 6.45) is 0.519. The lowest BCUT2D eigenvalue weighted by atomic mass is 10.1. The number of benzene rings is 2. The maximum atomic E-state index is 12.1. The number of fused-ring (bicyclic) bond motifs is 2. The van der Waals surface area contributed by atoms with Crippen molar-refractivity contribution in [3.8, 4) is 0 Å². The molecule has 2 aromatic carbocycles. The molecule has 1 aromatic heterocycles. The zero-order valence-corrected chi connectivity index (χ0v) is 15.3. The summed E-state index contributed by atoms with van der Waals surface area (Å²) < 4.78 is 6.14. The van der Waals surface area contributed by atoms with E-state index in [2.05, 4.69) is 4.98 Å². The van der Waals surface area contributed by atoms with Crippen molar-refractivity contribution in [3.05, 3.63) is 65.7 Å². The third-order valence-corrected chi connectivity index (χ3v) is 4.68. The number of imidazole rings is 1. The number of hydrogen-bond acceptors (Lipinski definition) is 6. The van der Waals surface area contributed by atoms with E-state index in [0.717, 1.165) is 21.1 Å². The van der Waals surface area contributed by atoms with Crippen LogP contribution in [-0.2, 0) is 33.9 Å². The summed E-state index contributed by atoms with van der Waals surface area (Å²) in [7, 11) is 0. The number of carbonyl (C=O) groups excluding carboxylic acids is 2. The average Bonchev–Trinajstić information content (AvgIpc) is 3.13. The smallest absolute Gasteiger partial charge is 0.442 e. The molecule has 0 bridgehead atoms. The highest BCUT2D eigenvalue weighted by atomic mass is 16.7.